The van der Waals surface area contributed by atoms with E-state index in [9.17, 15) is 18.0 Å². The van der Waals surface area contributed by atoms with Crippen LogP contribution in [0.5, 0.6) is 11.5 Å². The Hall–Kier alpha value is -4.15. The molecule has 0 heterocycles. The molecule has 0 aromatic heterocycles. The summed E-state index contributed by atoms with van der Waals surface area (Å²) in [5, 5.41) is 2.85. The fourth-order valence-corrected chi connectivity index (χ4v) is 5.67. The van der Waals surface area contributed by atoms with Crippen molar-refractivity contribution in [2.24, 2.45) is 0 Å². The van der Waals surface area contributed by atoms with E-state index >= 15 is 0 Å². The molecule has 8 nitrogen and oxygen atoms in total. The van der Waals surface area contributed by atoms with Crippen molar-refractivity contribution in [3.63, 3.8) is 0 Å². The molecular weight excluding hydrogens is 630 g/mol. The molecule has 224 valence electrons. The van der Waals surface area contributed by atoms with Gasteiger partial charge in [0.1, 0.15) is 24.1 Å². The zero-order chi connectivity index (χ0) is 30.8. The van der Waals surface area contributed by atoms with E-state index in [1.165, 1.54) is 4.90 Å². The summed E-state index contributed by atoms with van der Waals surface area (Å²) in [6.45, 7) is 1.83. The number of ether oxygens (including phenoxy) is 1. The van der Waals surface area contributed by atoms with Gasteiger partial charge in [0.25, 0.3) is 0 Å². The molecule has 0 bridgehead atoms. The average Bonchev–Trinajstić information content (AvgIpc) is 2.99. The Bertz CT molecular complexity index is 1600. The van der Waals surface area contributed by atoms with E-state index in [0.29, 0.717) is 23.7 Å². The fourth-order valence-electron chi connectivity index (χ4n) is 4.55. The molecule has 4 rings (SSSR count). The summed E-state index contributed by atoms with van der Waals surface area (Å²) in [4.78, 5) is 29.0. The molecule has 4 aromatic carbocycles. The zero-order valence-corrected chi connectivity index (χ0v) is 26.4. The Balaban J connectivity index is 1.65. The van der Waals surface area contributed by atoms with Gasteiger partial charge in [-0.05, 0) is 66.6 Å². The lowest BCUT2D eigenvalue weighted by atomic mass is 10.0. The molecule has 4 aromatic rings. The van der Waals surface area contributed by atoms with Gasteiger partial charge in [0.2, 0.25) is 21.8 Å². The number of halogens is 1. The van der Waals surface area contributed by atoms with E-state index in [0.717, 1.165) is 26.2 Å². The molecule has 0 saturated heterocycles. The first-order chi connectivity index (χ1) is 20.6. The van der Waals surface area contributed by atoms with Crippen LogP contribution in [0.3, 0.4) is 0 Å². The van der Waals surface area contributed by atoms with Crippen molar-refractivity contribution in [3.05, 3.63) is 125 Å². The minimum Gasteiger partial charge on any atom is -0.457 e. The van der Waals surface area contributed by atoms with E-state index in [-0.39, 0.29) is 18.9 Å². The highest BCUT2D eigenvalue weighted by molar-refractivity contribution is 9.10. The highest BCUT2D eigenvalue weighted by Gasteiger charge is 2.32. The molecule has 0 aliphatic rings. The van der Waals surface area contributed by atoms with Crippen molar-refractivity contribution in [2.75, 3.05) is 23.7 Å². The second kappa shape index (κ2) is 14.8. The number of nitrogens with one attached hydrogen (secondary N) is 1. The van der Waals surface area contributed by atoms with Gasteiger partial charge < -0.3 is 15.0 Å². The molecule has 2 amide bonds. The molecule has 0 aliphatic carbocycles. The third-order valence-corrected chi connectivity index (χ3v) is 8.34. The van der Waals surface area contributed by atoms with E-state index in [1.54, 1.807) is 24.3 Å². The summed E-state index contributed by atoms with van der Waals surface area (Å²) in [6, 6.07) is 31.7. The van der Waals surface area contributed by atoms with Crippen molar-refractivity contribution >= 4 is 43.5 Å². The number of carbonyl (C=O) groups excluding carboxylic acids is 2. The molecule has 1 atom stereocenters. The van der Waals surface area contributed by atoms with Gasteiger partial charge in [0.05, 0.1) is 11.9 Å². The maximum Gasteiger partial charge on any atom is 0.244 e. The number of amides is 2. The molecular formula is C33H34BrN3O5S. The monoisotopic (exact) mass is 663 g/mol. The van der Waals surface area contributed by atoms with Crippen LogP contribution in [-0.2, 0) is 32.6 Å². The SMILES string of the molecule is CCNC(=O)C(Cc1ccccc1)N(Cc1ccc(Br)cc1)C(=O)CN(c1ccc(Oc2ccccc2)cc1)S(C)(=O)=O. The molecule has 1 N–H and O–H groups in total. The van der Waals surface area contributed by atoms with E-state index in [4.69, 9.17) is 4.74 Å². The van der Waals surface area contributed by atoms with Crippen LogP contribution >= 0.6 is 15.9 Å². The summed E-state index contributed by atoms with van der Waals surface area (Å²) in [5.74, 6) is 0.338. The number of para-hydroxylation sites is 1. The Morgan fingerprint density at radius 2 is 1.40 bits per heavy atom. The van der Waals surface area contributed by atoms with Crippen LogP contribution in [0.15, 0.2) is 114 Å². The topological polar surface area (TPSA) is 96.0 Å². The summed E-state index contributed by atoms with van der Waals surface area (Å²) < 4.78 is 33.8. The van der Waals surface area contributed by atoms with Gasteiger partial charge >= 0.3 is 0 Å². The maximum atomic E-state index is 14.1. The third kappa shape index (κ3) is 9.17. The number of benzene rings is 4. The normalized spacial score (nSPS) is 11.8. The van der Waals surface area contributed by atoms with Crippen molar-refractivity contribution in [2.45, 2.75) is 25.9 Å². The van der Waals surface area contributed by atoms with Gasteiger partial charge in [-0.2, -0.15) is 0 Å². The summed E-state index contributed by atoms with van der Waals surface area (Å²) in [5.41, 5.74) is 1.98. The Labute approximate surface area is 261 Å². The minimum absolute atomic E-state index is 0.113. The standard InChI is InChI=1S/C33H34BrN3O5S/c1-3-35-33(39)31(22-25-10-6-4-7-11-25)36(23-26-14-16-27(34)17-15-26)32(38)24-37(43(2,40)41)28-18-20-30(21-19-28)42-29-12-8-5-9-13-29/h4-21,31H,3,22-24H2,1-2H3,(H,35,39). The van der Waals surface area contributed by atoms with Crippen LogP contribution in [0.1, 0.15) is 18.1 Å². The predicted molar refractivity (Wildman–Crippen MR) is 172 cm³/mol. The number of rotatable bonds is 13. The molecule has 0 radical (unpaired) electrons. The Morgan fingerprint density at radius 1 is 0.814 bits per heavy atom. The smallest absolute Gasteiger partial charge is 0.244 e. The number of anilines is 1. The highest BCUT2D eigenvalue weighted by atomic mass is 79.9. The molecule has 0 saturated carbocycles. The molecule has 1 unspecified atom stereocenters. The van der Waals surface area contributed by atoms with Crippen LogP contribution < -0.4 is 14.4 Å². The summed E-state index contributed by atoms with van der Waals surface area (Å²) >= 11 is 3.43. The lowest BCUT2D eigenvalue weighted by Gasteiger charge is -2.33. The summed E-state index contributed by atoms with van der Waals surface area (Å²) in [7, 11) is -3.87. The predicted octanol–water partition coefficient (Wildman–Crippen LogP) is 5.78. The molecule has 10 heteroatoms. The molecule has 0 spiro atoms. The van der Waals surface area contributed by atoms with Crippen molar-refractivity contribution in [1.82, 2.24) is 10.2 Å². The molecule has 43 heavy (non-hydrogen) atoms. The van der Waals surface area contributed by atoms with Crippen LogP contribution in [0, 0.1) is 0 Å². The second-order valence-corrected chi connectivity index (χ2v) is 12.7. The highest BCUT2D eigenvalue weighted by Crippen LogP contribution is 2.26. The first-order valence-electron chi connectivity index (χ1n) is 13.8. The largest absolute Gasteiger partial charge is 0.457 e. The Morgan fingerprint density at radius 3 is 1.98 bits per heavy atom. The van der Waals surface area contributed by atoms with Gasteiger partial charge in [0, 0.05) is 24.0 Å². The number of sulfonamides is 1. The lowest BCUT2D eigenvalue weighted by molar-refractivity contribution is -0.140. The number of hydrogen-bond acceptors (Lipinski definition) is 5. The average molecular weight is 665 g/mol. The van der Waals surface area contributed by atoms with Crippen molar-refractivity contribution in [3.8, 4) is 11.5 Å². The van der Waals surface area contributed by atoms with Crippen molar-refractivity contribution < 1.29 is 22.7 Å². The first-order valence-corrected chi connectivity index (χ1v) is 16.4. The first kappa shape index (κ1) is 31.8. The van der Waals surface area contributed by atoms with Gasteiger partial charge in [-0.3, -0.25) is 13.9 Å². The number of hydrogen-bond donors (Lipinski definition) is 1. The Kier molecular flexibility index (Phi) is 11.0. The van der Waals surface area contributed by atoms with Crippen molar-refractivity contribution in [1.29, 1.82) is 0 Å². The van der Waals surface area contributed by atoms with E-state index in [2.05, 4.69) is 21.2 Å². The van der Waals surface area contributed by atoms with Gasteiger partial charge in [0.15, 0.2) is 0 Å². The minimum atomic E-state index is -3.87. The number of likely N-dealkylation sites (N-methyl/N-ethyl adjacent to an activating group) is 1. The molecule has 0 fully saturated rings. The van der Waals surface area contributed by atoms with Gasteiger partial charge in [-0.15, -0.1) is 0 Å². The number of nitrogens with zero attached hydrogens (tertiary/aromatic N) is 2. The van der Waals surface area contributed by atoms with Crippen LogP contribution in [-0.4, -0.2) is 50.5 Å². The van der Waals surface area contributed by atoms with Gasteiger partial charge in [-0.25, -0.2) is 8.42 Å². The van der Waals surface area contributed by atoms with E-state index in [1.807, 2.05) is 91.9 Å². The number of carbonyl (C=O) groups is 2. The summed E-state index contributed by atoms with van der Waals surface area (Å²) in [6.07, 6.45) is 1.32. The maximum absolute atomic E-state index is 14.1. The fraction of sp³-hybridized carbons (Fsp3) is 0.212. The second-order valence-electron chi connectivity index (χ2n) is 9.93. The van der Waals surface area contributed by atoms with Crippen LogP contribution in [0.4, 0.5) is 5.69 Å². The third-order valence-electron chi connectivity index (χ3n) is 6.67. The van der Waals surface area contributed by atoms with Crippen LogP contribution in [0.25, 0.3) is 0 Å². The zero-order valence-electron chi connectivity index (χ0n) is 24.0. The lowest BCUT2D eigenvalue weighted by Crippen LogP contribution is -2.53. The van der Waals surface area contributed by atoms with Crippen LogP contribution in [0.2, 0.25) is 0 Å². The van der Waals surface area contributed by atoms with Gasteiger partial charge in [-0.1, -0.05) is 76.6 Å². The molecule has 0 aliphatic heterocycles. The van der Waals surface area contributed by atoms with E-state index < -0.39 is 28.5 Å². The quantitative estimate of drug-likeness (QED) is 0.196.